The van der Waals surface area contributed by atoms with Crippen LogP contribution in [0.4, 0.5) is 0 Å². The molecule has 0 aliphatic heterocycles. The fraction of sp³-hybridized carbons (Fsp3) is 0.429. The third kappa shape index (κ3) is 2.35. The monoisotopic (exact) mass is 246 g/mol. The first kappa shape index (κ1) is 12.1. The van der Waals surface area contributed by atoms with E-state index in [1.165, 1.54) is 12.8 Å². The molecule has 0 bridgehead atoms. The molecule has 2 nitrogen and oxygen atoms in total. The Labute approximate surface area is 107 Å². The summed E-state index contributed by atoms with van der Waals surface area (Å²) < 4.78 is 0. The Bertz CT molecular complexity index is 465. The minimum Gasteiger partial charge on any atom is -0.264 e. The maximum atomic E-state index is 9.30. The van der Waals surface area contributed by atoms with Crippen LogP contribution in [0.25, 0.3) is 5.57 Å². The summed E-state index contributed by atoms with van der Waals surface area (Å²) in [7, 11) is 0. The quantitative estimate of drug-likeness (QED) is 0.736. The Hall–Kier alpha value is -1.33. The second kappa shape index (κ2) is 4.89. The van der Waals surface area contributed by atoms with Crippen LogP contribution < -0.4 is 0 Å². The average molecular weight is 247 g/mol. The minimum atomic E-state index is -0.0253. The van der Waals surface area contributed by atoms with Gasteiger partial charge in [0, 0.05) is 28.4 Å². The highest BCUT2D eigenvalue weighted by atomic mass is 35.5. The number of nitrogens with zero attached hydrogens (tertiary/aromatic N) is 2. The van der Waals surface area contributed by atoms with Gasteiger partial charge in [0.2, 0.25) is 0 Å². The molecular weight excluding hydrogens is 232 g/mol. The zero-order chi connectivity index (χ0) is 12.3. The molecule has 2 rings (SSSR count). The van der Waals surface area contributed by atoms with E-state index in [9.17, 15) is 5.26 Å². The van der Waals surface area contributed by atoms with Gasteiger partial charge < -0.3 is 0 Å². The number of nitriles is 1. The van der Waals surface area contributed by atoms with Crippen LogP contribution in [-0.2, 0) is 0 Å². The lowest BCUT2D eigenvalue weighted by Crippen LogP contribution is -2.12. The van der Waals surface area contributed by atoms with E-state index < -0.39 is 0 Å². The smallest absolute Gasteiger partial charge is 0.101 e. The van der Waals surface area contributed by atoms with E-state index in [1.54, 1.807) is 12.4 Å². The van der Waals surface area contributed by atoms with Crippen molar-refractivity contribution in [2.24, 2.45) is 5.41 Å². The lowest BCUT2D eigenvalue weighted by atomic mass is 9.85. The predicted molar refractivity (Wildman–Crippen MR) is 69.2 cm³/mol. The van der Waals surface area contributed by atoms with Crippen LogP contribution in [0.5, 0.6) is 0 Å². The van der Waals surface area contributed by atoms with Gasteiger partial charge in [-0.1, -0.05) is 37.4 Å². The summed E-state index contributed by atoms with van der Waals surface area (Å²) >= 11 is 6.46. The van der Waals surface area contributed by atoms with Gasteiger partial charge in [0.1, 0.15) is 6.07 Å². The second-order valence-corrected chi connectivity index (χ2v) is 5.19. The van der Waals surface area contributed by atoms with Crippen LogP contribution in [-0.4, -0.2) is 4.98 Å². The number of hydrogen-bond acceptors (Lipinski definition) is 2. The van der Waals surface area contributed by atoms with Crippen LogP contribution >= 0.6 is 11.6 Å². The molecule has 1 aromatic heterocycles. The zero-order valence-electron chi connectivity index (χ0n) is 9.91. The molecule has 3 heteroatoms. The van der Waals surface area contributed by atoms with Crippen molar-refractivity contribution in [2.75, 3.05) is 0 Å². The summed E-state index contributed by atoms with van der Waals surface area (Å²) in [5, 5.41) is 10.0. The summed E-state index contributed by atoms with van der Waals surface area (Å²) in [6.07, 6.45) is 7.91. The normalized spacial score (nSPS) is 19.6. The van der Waals surface area contributed by atoms with E-state index in [-0.39, 0.29) is 5.41 Å². The summed E-state index contributed by atoms with van der Waals surface area (Å²) in [6, 6.07) is 5.94. The lowest BCUT2D eigenvalue weighted by Gasteiger charge is -2.24. The number of hydrogen-bond donors (Lipinski definition) is 0. The van der Waals surface area contributed by atoms with Crippen molar-refractivity contribution in [3.05, 3.63) is 35.1 Å². The molecule has 88 valence electrons. The molecule has 1 aliphatic rings. The fourth-order valence-corrected chi connectivity index (χ4v) is 2.77. The predicted octanol–water partition coefficient (Wildman–Crippen LogP) is 4.14. The van der Waals surface area contributed by atoms with Gasteiger partial charge in [0.05, 0.1) is 5.57 Å². The number of aromatic nitrogens is 1. The zero-order valence-corrected chi connectivity index (χ0v) is 10.7. The van der Waals surface area contributed by atoms with Crippen LogP contribution in [0, 0.1) is 16.7 Å². The number of allylic oxidation sites excluding steroid dienone is 2. The van der Waals surface area contributed by atoms with Crippen molar-refractivity contribution in [3.63, 3.8) is 0 Å². The Morgan fingerprint density at radius 1 is 1.47 bits per heavy atom. The van der Waals surface area contributed by atoms with Gasteiger partial charge in [-0.25, -0.2) is 0 Å². The summed E-state index contributed by atoms with van der Waals surface area (Å²) in [6.45, 7) is 2.15. The van der Waals surface area contributed by atoms with E-state index in [0.717, 1.165) is 18.4 Å². The molecule has 0 amide bonds. The minimum absolute atomic E-state index is 0.0253. The first-order valence-corrected chi connectivity index (χ1v) is 6.26. The summed E-state index contributed by atoms with van der Waals surface area (Å²) in [5.41, 5.74) is 1.36. The summed E-state index contributed by atoms with van der Waals surface area (Å²) in [4.78, 5) is 4.04. The van der Waals surface area contributed by atoms with Crippen LogP contribution in [0.1, 0.15) is 38.2 Å². The molecule has 1 heterocycles. The molecule has 1 aromatic rings. The van der Waals surface area contributed by atoms with Gasteiger partial charge in [-0.2, -0.15) is 5.26 Å². The maximum absolute atomic E-state index is 9.30. The van der Waals surface area contributed by atoms with Crippen molar-refractivity contribution < 1.29 is 0 Å². The third-order valence-corrected chi connectivity index (χ3v) is 4.16. The van der Waals surface area contributed by atoms with Crippen molar-refractivity contribution in [1.29, 1.82) is 5.26 Å². The van der Waals surface area contributed by atoms with E-state index in [2.05, 4.69) is 18.0 Å². The van der Waals surface area contributed by atoms with Crippen molar-refractivity contribution in [3.8, 4) is 6.07 Å². The Morgan fingerprint density at radius 2 is 2.18 bits per heavy atom. The first-order valence-electron chi connectivity index (χ1n) is 5.88. The number of halogens is 1. The van der Waals surface area contributed by atoms with Gasteiger partial charge in [-0.15, -0.1) is 0 Å². The Kier molecular flexibility index (Phi) is 3.49. The highest BCUT2D eigenvalue weighted by molar-refractivity contribution is 6.34. The number of pyridine rings is 1. The number of rotatable bonds is 2. The van der Waals surface area contributed by atoms with Gasteiger partial charge in [-0.05, 0) is 18.9 Å². The SMILES string of the molecule is CC1(/C(Cl)=C(/C#N)c2cccnc2)CCCC1. The average Bonchev–Trinajstić information content (AvgIpc) is 2.80. The molecule has 1 fully saturated rings. The second-order valence-electron chi connectivity index (χ2n) is 4.81. The van der Waals surface area contributed by atoms with Gasteiger partial charge in [-0.3, -0.25) is 4.98 Å². The van der Waals surface area contributed by atoms with E-state index in [4.69, 9.17) is 11.6 Å². The molecule has 0 unspecified atom stereocenters. The molecule has 0 spiro atoms. The maximum Gasteiger partial charge on any atom is 0.101 e. The third-order valence-electron chi connectivity index (χ3n) is 3.52. The van der Waals surface area contributed by atoms with Crippen molar-refractivity contribution in [2.45, 2.75) is 32.6 Å². The van der Waals surface area contributed by atoms with Crippen LogP contribution in [0.3, 0.4) is 0 Å². The highest BCUT2D eigenvalue weighted by Gasteiger charge is 2.34. The Morgan fingerprint density at radius 3 is 2.71 bits per heavy atom. The van der Waals surface area contributed by atoms with Crippen LogP contribution in [0.15, 0.2) is 29.6 Å². The molecular formula is C14H15ClN2. The lowest BCUT2D eigenvalue weighted by molar-refractivity contribution is 0.437. The highest BCUT2D eigenvalue weighted by Crippen LogP contribution is 2.47. The molecule has 0 N–H and O–H groups in total. The molecule has 0 atom stereocenters. The molecule has 0 aromatic carbocycles. The summed E-state index contributed by atoms with van der Waals surface area (Å²) in [5.74, 6) is 0. The van der Waals surface area contributed by atoms with Crippen LogP contribution in [0.2, 0.25) is 0 Å². The van der Waals surface area contributed by atoms with E-state index in [0.29, 0.717) is 10.6 Å². The van der Waals surface area contributed by atoms with Crippen molar-refractivity contribution >= 4 is 17.2 Å². The van der Waals surface area contributed by atoms with Gasteiger partial charge in [0.15, 0.2) is 0 Å². The van der Waals surface area contributed by atoms with Gasteiger partial charge in [0.25, 0.3) is 0 Å². The topological polar surface area (TPSA) is 36.7 Å². The van der Waals surface area contributed by atoms with Gasteiger partial charge >= 0.3 is 0 Å². The van der Waals surface area contributed by atoms with E-state index in [1.807, 2.05) is 12.1 Å². The molecule has 1 aliphatic carbocycles. The first-order chi connectivity index (χ1) is 8.17. The largest absolute Gasteiger partial charge is 0.264 e. The fourth-order valence-electron chi connectivity index (χ4n) is 2.43. The molecule has 0 radical (unpaired) electrons. The Balaban J connectivity index is 2.44. The standard InChI is InChI=1S/C14H15ClN2/c1-14(6-2-3-7-14)13(15)12(9-16)11-5-4-8-17-10-11/h4-5,8,10H,2-3,6-7H2,1H3/b13-12+. The molecule has 17 heavy (non-hydrogen) atoms. The molecule has 1 saturated carbocycles. The van der Waals surface area contributed by atoms with E-state index >= 15 is 0 Å². The molecule has 0 saturated heterocycles. The van der Waals surface area contributed by atoms with Crippen molar-refractivity contribution in [1.82, 2.24) is 4.98 Å².